The summed E-state index contributed by atoms with van der Waals surface area (Å²) in [6.07, 6.45) is 6.74. The molecule has 3 nitrogen and oxygen atoms in total. The summed E-state index contributed by atoms with van der Waals surface area (Å²) >= 11 is 3.08. The second-order valence-corrected chi connectivity index (χ2v) is 8.58. The van der Waals surface area contributed by atoms with Crippen molar-refractivity contribution in [3.63, 3.8) is 0 Å². The van der Waals surface area contributed by atoms with Crippen LogP contribution in [0.5, 0.6) is 0 Å². The summed E-state index contributed by atoms with van der Waals surface area (Å²) in [7, 11) is 0. The van der Waals surface area contributed by atoms with Crippen molar-refractivity contribution in [3.8, 4) is 0 Å². The third kappa shape index (κ3) is 2.23. The van der Waals surface area contributed by atoms with E-state index in [0.717, 1.165) is 32.1 Å². The monoisotopic (exact) mass is 476 g/mol. The molecule has 0 aromatic rings. The van der Waals surface area contributed by atoms with Crippen LogP contribution in [0, 0.1) is 22.7 Å². The average molecular weight is 476 g/mol. The second-order valence-electron chi connectivity index (χ2n) is 6.57. The highest BCUT2D eigenvalue weighted by Crippen LogP contribution is 2.64. The van der Waals surface area contributed by atoms with E-state index in [1.54, 1.807) is 22.6 Å². The molecule has 4 bridgehead atoms. The number of ether oxygens (including phenoxy) is 1. The molecule has 100 valence electrons. The Kier molecular flexibility index (Phi) is 3.44. The largest absolute Gasteiger partial charge is 0.550 e. The predicted molar refractivity (Wildman–Crippen MR) is 58.7 cm³/mol. The summed E-state index contributed by atoms with van der Waals surface area (Å²) in [5.41, 5.74) is 0.0418. The van der Waals surface area contributed by atoms with Gasteiger partial charge in [0.2, 0.25) is 0 Å². The number of hydrogen-bond donors (Lipinski definition) is 0. The molecule has 2 atom stereocenters. The molecule has 0 N–H and O–H groups in total. The van der Waals surface area contributed by atoms with E-state index in [9.17, 15) is 9.59 Å². The van der Waals surface area contributed by atoms with Crippen molar-refractivity contribution >= 4 is 7.77 Å². The topological polar surface area (TPSA) is 43.4 Å². The van der Waals surface area contributed by atoms with Gasteiger partial charge in [-0.15, -0.1) is 0 Å². The maximum atomic E-state index is 12.1. The molecule has 0 spiro atoms. The van der Waals surface area contributed by atoms with Crippen LogP contribution in [-0.2, 0) is 9.53 Å². The second kappa shape index (κ2) is 4.56. The van der Waals surface area contributed by atoms with Gasteiger partial charge in [0.25, 0.3) is 0 Å². The third-order valence-corrected chi connectivity index (χ3v) is 6.68. The maximum Gasteiger partial charge on any atom is 0.550 e. The third-order valence-electron chi connectivity index (χ3n) is 5.11. The summed E-state index contributed by atoms with van der Waals surface area (Å²) < 4.78 is 5.50. The molecule has 4 aliphatic carbocycles. The van der Waals surface area contributed by atoms with Crippen LogP contribution in [0.1, 0.15) is 38.5 Å². The predicted octanol–water partition coefficient (Wildman–Crippen LogP) is -4.19. The fraction of sp³-hybridized carbons (Fsp3) is 0.846. The Hall–Kier alpha value is 0.600. The van der Waals surface area contributed by atoms with Crippen LogP contribution in [-0.4, -0.2) is 14.4 Å². The Balaban J connectivity index is 1.85. The molecule has 0 aliphatic heterocycles. The zero-order valence-electron chi connectivity index (χ0n) is 10.1. The fourth-order valence-corrected chi connectivity index (χ4v) is 5.92. The van der Waals surface area contributed by atoms with Gasteiger partial charge >= 0.3 is 52.9 Å². The molecule has 0 amide bonds. The highest BCUT2D eigenvalue weighted by molar-refractivity contribution is 5.73. The van der Waals surface area contributed by atoms with E-state index >= 15 is 0 Å². The summed E-state index contributed by atoms with van der Waals surface area (Å²) in [4.78, 5) is 23.1. The van der Waals surface area contributed by atoms with Gasteiger partial charge in [-0.25, -0.2) is 4.79 Å². The molecule has 4 rings (SSSR count). The van der Waals surface area contributed by atoms with Crippen LogP contribution < -0.4 is 45.2 Å². The van der Waals surface area contributed by atoms with Crippen LogP contribution in [0.25, 0.3) is 0 Å². The highest BCUT2D eigenvalue weighted by Gasteiger charge is 2.62. The minimum absolute atomic E-state index is 0.0739. The standard InChI is InChI=1S/C13H18I2O3/c14-10(16)13-4-8-1-9(5-13)3-12(2-8,6-13)7-18-11(15)17/h8-9,14-15H,1-7H2/q+2. The van der Waals surface area contributed by atoms with Crippen molar-refractivity contribution < 1.29 is 59.5 Å². The SMILES string of the molecule is O=C([IH+])OCC12CC3CC(C1)CC(C(=O)[IH+])(C3)C2. The van der Waals surface area contributed by atoms with Crippen molar-refractivity contribution in [2.45, 2.75) is 38.5 Å². The molecule has 2 unspecified atom stereocenters. The first-order chi connectivity index (χ1) is 8.43. The van der Waals surface area contributed by atoms with E-state index < -0.39 is 0 Å². The normalized spacial score (nSPS) is 45.0. The molecule has 4 aliphatic rings. The minimum Gasteiger partial charge on any atom is -0.427 e. The quantitative estimate of drug-likeness (QED) is 0.307. The van der Waals surface area contributed by atoms with Crippen molar-refractivity contribution in [1.29, 1.82) is 0 Å². The molecular formula is C13H18I2O3+2. The Morgan fingerprint density at radius 3 is 2.22 bits per heavy atom. The van der Waals surface area contributed by atoms with Crippen molar-refractivity contribution in [1.82, 2.24) is 0 Å². The van der Waals surface area contributed by atoms with Crippen molar-refractivity contribution in [2.24, 2.45) is 22.7 Å². The number of halogens is 2. The molecular weight excluding hydrogens is 458 g/mol. The number of carbonyl (C=O) groups excluding carboxylic acids is 2. The average Bonchev–Trinajstić information content (AvgIpc) is 2.24. The van der Waals surface area contributed by atoms with Crippen LogP contribution >= 0.6 is 0 Å². The molecule has 0 radical (unpaired) electrons. The van der Waals surface area contributed by atoms with Crippen LogP contribution in [0.2, 0.25) is 0 Å². The van der Waals surface area contributed by atoms with Gasteiger partial charge in [-0.1, -0.05) is 0 Å². The molecule has 18 heavy (non-hydrogen) atoms. The lowest BCUT2D eigenvalue weighted by atomic mass is 9.45. The van der Waals surface area contributed by atoms with E-state index in [4.69, 9.17) is 4.74 Å². The Morgan fingerprint density at radius 1 is 1.11 bits per heavy atom. The van der Waals surface area contributed by atoms with Gasteiger partial charge in [-0.3, -0.25) is 0 Å². The summed E-state index contributed by atoms with van der Waals surface area (Å²) in [6.45, 7) is 0.536. The van der Waals surface area contributed by atoms with Gasteiger partial charge < -0.3 is 4.74 Å². The first-order valence-corrected chi connectivity index (χ1v) is 8.81. The van der Waals surface area contributed by atoms with E-state index in [2.05, 4.69) is 0 Å². The maximum absolute atomic E-state index is 12.1. The fourth-order valence-electron chi connectivity index (χ4n) is 5.07. The zero-order chi connectivity index (χ0) is 13.0. The van der Waals surface area contributed by atoms with Gasteiger partial charge in [-0.05, 0) is 50.4 Å². The first kappa shape index (κ1) is 13.6. The summed E-state index contributed by atoms with van der Waals surface area (Å²) in [5.74, 6) is 1.38. The van der Waals surface area contributed by atoms with E-state index in [0.29, 0.717) is 22.2 Å². The molecule has 4 fully saturated rings. The van der Waals surface area contributed by atoms with Gasteiger partial charge in [0.15, 0.2) is 0 Å². The van der Waals surface area contributed by atoms with Gasteiger partial charge in [0.1, 0.15) is 6.61 Å². The smallest absolute Gasteiger partial charge is 0.427 e. The lowest BCUT2D eigenvalue weighted by Gasteiger charge is -2.59. The van der Waals surface area contributed by atoms with E-state index in [-0.39, 0.29) is 14.8 Å². The number of hydrogen-bond acceptors (Lipinski definition) is 3. The molecule has 5 heteroatoms. The minimum atomic E-state index is -0.181. The van der Waals surface area contributed by atoms with Crippen LogP contribution in [0.4, 0.5) is 4.79 Å². The molecule has 4 saturated carbocycles. The highest BCUT2D eigenvalue weighted by atomic mass is 127. The molecule has 0 aromatic carbocycles. The first-order valence-electron chi connectivity index (χ1n) is 6.48. The lowest BCUT2D eigenvalue weighted by molar-refractivity contribution is -0.330. The Morgan fingerprint density at radius 2 is 1.72 bits per heavy atom. The lowest BCUT2D eigenvalue weighted by Crippen LogP contribution is -3.39. The summed E-state index contributed by atoms with van der Waals surface area (Å²) in [6, 6.07) is 0. The zero-order valence-corrected chi connectivity index (χ0v) is 14.8. The van der Waals surface area contributed by atoms with E-state index in [1.807, 2.05) is 0 Å². The van der Waals surface area contributed by atoms with E-state index in [1.165, 1.54) is 29.0 Å². The van der Waals surface area contributed by atoms with Crippen LogP contribution in [0.3, 0.4) is 0 Å². The number of rotatable bonds is 3. The Bertz CT molecular complexity index is 393. The van der Waals surface area contributed by atoms with Gasteiger partial charge in [0, 0.05) is 5.41 Å². The molecule has 0 heterocycles. The van der Waals surface area contributed by atoms with Crippen LogP contribution in [0.15, 0.2) is 0 Å². The van der Waals surface area contributed by atoms with Gasteiger partial charge in [-0.2, -0.15) is 4.79 Å². The van der Waals surface area contributed by atoms with Crippen molar-refractivity contribution in [2.75, 3.05) is 6.61 Å². The van der Waals surface area contributed by atoms with Crippen molar-refractivity contribution in [3.05, 3.63) is 0 Å². The number of carbonyl (C=O) groups is 2. The van der Waals surface area contributed by atoms with Gasteiger partial charge in [0.05, 0.1) is 5.41 Å². The molecule has 0 saturated heterocycles. The Labute approximate surface area is 134 Å². The summed E-state index contributed by atoms with van der Waals surface area (Å²) in [5, 5.41) is 0. The molecule has 0 aromatic heterocycles.